The van der Waals surface area contributed by atoms with Gasteiger partial charge in [0.15, 0.2) is 5.82 Å². The molecular weight excluding hydrogens is 371 g/mol. The minimum absolute atomic E-state index is 0.102. The minimum Gasteiger partial charge on any atom is -0.478 e. The number of carbonyl (C=O) groups is 1. The quantitative estimate of drug-likeness (QED) is 0.844. The lowest BCUT2D eigenvalue weighted by atomic mass is 10.2. The van der Waals surface area contributed by atoms with Crippen LogP contribution in [-0.2, 0) is 10.0 Å². The molecule has 0 atom stereocenters. The summed E-state index contributed by atoms with van der Waals surface area (Å²) >= 11 is 2.94. The maximum absolute atomic E-state index is 14.0. The van der Waals surface area contributed by atoms with Crippen LogP contribution in [0.15, 0.2) is 32.2 Å². The smallest absolute Gasteiger partial charge is 0.338 e. The Bertz CT molecular complexity index is 818. The number of aryl methyl sites for hydroxylation is 1. The first-order valence-corrected chi connectivity index (χ1v) is 7.65. The molecule has 0 saturated carbocycles. The van der Waals surface area contributed by atoms with Gasteiger partial charge < -0.3 is 9.52 Å². The number of aromatic nitrogens is 1. The van der Waals surface area contributed by atoms with E-state index in [1.807, 2.05) is 4.72 Å². The zero-order chi connectivity index (χ0) is 15.8. The fourth-order valence-corrected chi connectivity index (χ4v) is 3.16. The third kappa shape index (κ3) is 3.22. The van der Waals surface area contributed by atoms with Crippen LogP contribution in [0.5, 0.6) is 0 Å². The largest absolute Gasteiger partial charge is 0.478 e. The van der Waals surface area contributed by atoms with Gasteiger partial charge in [0.05, 0.1) is 11.3 Å². The van der Waals surface area contributed by atoms with Gasteiger partial charge in [0.1, 0.15) is 11.2 Å². The Labute approximate surface area is 127 Å². The average molecular weight is 379 g/mol. The molecule has 1 aromatic heterocycles. The maximum Gasteiger partial charge on any atom is 0.338 e. The van der Waals surface area contributed by atoms with Gasteiger partial charge in [-0.3, -0.25) is 0 Å². The average Bonchev–Trinajstić information content (AvgIpc) is 2.76. The summed E-state index contributed by atoms with van der Waals surface area (Å²) in [6, 6.07) is 1.56. The van der Waals surface area contributed by atoms with Crippen molar-refractivity contribution in [2.45, 2.75) is 11.8 Å². The van der Waals surface area contributed by atoms with Crippen molar-refractivity contribution in [2.24, 2.45) is 0 Å². The summed E-state index contributed by atoms with van der Waals surface area (Å²) in [5.41, 5.74) is -0.345. The molecule has 21 heavy (non-hydrogen) atoms. The highest BCUT2D eigenvalue weighted by Gasteiger charge is 2.26. The molecule has 2 rings (SSSR count). The Hall–Kier alpha value is -1.94. The van der Waals surface area contributed by atoms with Crippen LogP contribution in [0.2, 0.25) is 0 Å². The van der Waals surface area contributed by atoms with Crippen molar-refractivity contribution in [1.29, 1.82) is 0 Å². The van der Waals surface area contributed by atoms with Crippen molar-refractivity contribution < 1.29 is 27.1 Å². The molecule has 1 heterocycles. The number of hydrogen-bond donors (Lipinski definition) is 2. The molecule has 112 valence electrons. The Balaban J connectivity index is 2.52. The third-order valence-corrected chi connectivity index (χ3v) is 4.14. The second-order valence-electron chi connectivity index (χ2n) is 3.97. The molecule has 0 aliphatic heterocycles. The van der Waals surface area contributed by atoms with Crippen molar-refractivity contribution in [3.8, 4) is 0 Å². The molecule has 10 heteroatoms. The van der Waals surface area contributed by atoms with Crippen LogP contribution in [0.3, 0.4) is 0 Å². The summed E-state index contributed by atoms with van der Waals surface area (Å²) in [5, 5.41) is 8.87. The molecule has 0 fully saturated rings. The van der Waals surface area contributed by atoms with E-state index in [0.717, 1.165) is 12.1 Å². The number of nitrogens with zero attached hydrogens (tertiary/aromatic N) is 1. The van der Waals surface area contributed by atoms with E-state index >= 15 is 0 Å². The van der Waals surface area contributed by atoms with Crippen molar-refractivity contribution in [3.63, 3.8) is 0 Å². The molecule has 0 amide bonds. The number of benzene rings is 1. The minimum atomic E-state index is -4.38. The molecule has 0 radical (unpaired) electrons. The molecule has 0 saturated heterocycles. The summed E-state index contributed by atoms with van der Waals surface area (Å²) in [6.45, 7) is 1.57. The molecule has 0 aliphatic rings. The van der Waals surface area contributed by atoms with Gasteiger partial charge in [0.2, 0.25) is 0 Å². The fraction of sp³-hybridized carbons (Fsp3) is 0.0909. The second kappa shape index (κ2) is 5.45. The predicted octanol–water partition coefficient (Wildman–Crippen LogP) is 2.38. The summed E-state index contributed by atoms with van der Waals surface area (Å²) in [5.74, 6) is -2.96. The van der Waals surface area contributed by atoms with Crippen molar-refractivity contribution >= 4 is 37.9 Å². The first-order chi connectivity index (χ1) is 9.70. The van der Waals surface area contributed by atoms with Crippen LogP contribution >= 0.6 is 15.9 Å². The zero-order valence-electron chi connectivity index (χ0n) is 10.4. The molecular formula is C11H8BrFN2O5S. The van der Waals surface area contributed by atoms with Gasteiger partial charge in [-0.2, -0.15) is 4.98 Å². The maximum atomic E-state index is 14.0. The Morgan fingerprint density at radius 1 is 1.48 bits per heavy atom. The summed E-state index contributed by atoms with van der Waals surface area (Å²) in [6.07, 6.45) is 1.21. The number of hydrogen-bond acceptors (Lipinski definition) is 5. The van der Waals surface area contributed by atoms with E-state index in [-0.39, 0.29) is 10.5 Å². The molecule has 0 unspecified atom stereocenters. The standard InChI is InChI=1S/C11H8BrFN2O5S/c1-5-4-20-11(14-5)15-21(18,19)8-3-6(12)2-7(9(8)13)10(16)17/h2-4H,1H3,(H,14,15)(H,16,17). The lowest BCUT2D eigenvalue weighted by Crippen LogP contribution is -2.17. The van der Waals surface area contributed by atoms with Crippen molar-refractivity contribution in [2.75, 3.05) is 4.72 Å². The van der Waals surface area contributed by atoms with Crippen LogP contribution in [0, 0.1) is 12.7 Å². The molecule has 0 aliphatic carbocycles. The molecule has 0 bridgehead atoms. The molecule has 7 nitrogen and oxygen atoms in total. The number of oxazole rings is 1. The van der Waals surface area contributed by atoms with E-state index in [1.165, 1.54) is 6.26 Å². The summed E-state index contributed by atoms with van der Waals surface area (Å²) in [7, 11) is -4.38. The number of rotatable bonds is 4. The number of aromatic carboxylic acids is 1. The van der Waals surface area contributed by atoms with E-state index < -0.39 is 32.3 Å². The van der Waals surface area contributed by atoms with Gasteiger partial charge in [-0.15, -0.1) is 0 Å². The van der Waals surface area contributed by atoms with Gasteiger partial charge >= 0.3 is 12.0 Å². The summed E-state index contributed by atoms with van der Waals surface area (Å²) < 4.78 is 45.1. The molecule has 2 aromatic rings. The van der Waals surface area contributed by atoms with E-state index in [1.54, 1.807) is 6.92 Å². The van der Waals surface area contributed by atoms with E-state index in [4.69, 9.17) is 9.52 Å². The molecule has 1 aromatic carbocycles. The first-order valence-electron chi connectivity index (χ1n) is 5.38. The number of carboxylic acids is 1. The van der Waals surface area contributed by atoms with E-state index in [0.29, 0.717) is 5.69 Å². The third-order valence-electron chi connectivity index (χ3n) is 2.36. The highest BCUT2D eigenvalue weighted by atomic mass is 79.9. The number of nitrogens with one attached hydrogen (secondary N) is 1. The van der Waals surface area contributed by atoms with Crippen molar-refractivity contribution in [1.82, 2.24) is 4.98 Å². The first kappa shape index (κ1) is 15.4. The van der Waals surface area contributed by atoms with Gasteiger partial charge in [-0.05, 0) is 19.1 Å². The highest BCUT2D eigenvalue weighted by molar-refractivity contribution is 9.10. The van der Waals surface area contributed by atoms with Gasteiger partial charge in [-0.1, -0.05) is 15.9 Å². The van der Waals surface area contributed by atoms with Crippen LogP contribution in [0.1, 0.15) is 16.1 Å². The number of halogens is 2. The Kier molecular flexibility index (Phi) is 4.01. The molecule has 0 spiro atoms. The Morgan fingerprint density at radius 2 is 2.14 bits per heavy atom. The number of sulfonamides is 1. The number of carboxylic acid groups (broad SMARTS) is 1. The van der Waals surface area contributed by atoms with Crippen LogP contribution in [0.4, 0.5) is 10.4 Å². The fourth-order valence-electron chi connectivity index (χ4n) is 1.49. The topological polar surface area (TPSA) is 110 Å². The van der Waals surface area contributed by atoms with Gasteiger partial charge in [0, 0.05) is 4.47 Å². The predicted molar refractivity (Wildman–Crippen MR) is 73.1 cm³/mol. The van der Waals surface area contributed by atoms with E-state index in [2.05, 4.69) is 20.9 Å². The summed E-state index contributed by atoms with van der Waals surface area (Å²) in [4.78, 5) is 13.8. The van der Waals surface area contributed by atoms with Gasteiger partial charge in [-0.25, -0.2) is 22.3 Å². The van der Waals surface area contributed by atoms with E-state index in [9.17, 15) is 17.6 Å². The normalized spacial score (nSPS) is 11.4. The van der Waals surface area contributed by atoms with Crippen LogP contribution < -0.4 is 4.72 Å². The number of anilines is 1. The molecule has 2 N–H and O–H groups in total. The lowest BCUT2D eigenvalue weighted by Gasteiger charge is -2.08. The zero-order valence-corrected chi connectivity index (χ0v) is 12.8. The van der Waals surface area contributed by atoms with Crippen LogP contribution in [-0.4, -0.2) is 24.5 Å². The van der Waals surface area contributed by atoms with Crippen LogP contribution in [0.25, 0.3) is 0 Å². The van der Waals surface area contributed by atoms with Crippen molar-refractivity contribution in [3.05, 3.63) is 39.9 Å². The second-order valence-corrected chi connectivity index (χ2v) is 6.54. The SMILES string of the molecule is Cc1coc(NS(=O)(=O)c2cc(Br)cc(C(=O)O)c2F)n1. The Morgan fingerprint density at radius 3 is 2.67 bits per heavy atom. The lowest BCUT2D eigenvalue weighted by molar-refractivity contribution is 0.0691. The monoisotopic (exact) mass is 378 g/mol. The highest BCUT2D eigenvalue weighted by Crippen LogP contribution is 2.25. The van der Waals surface area contributed by atoms with Gasteiger partial charge in [0.25, 0.3) is 10.0 Å².